The minimum Gasteiger partial charge on any atom is -0.483 e. The number of nitrogens with one attached hydrogen (secondary N) is 1. The monoisotopic (exact) mass is 361 g/mol. The number of carbonyl (C=O) groups excluding carboxylic acids is 1. The summed E-state index contributed by atoms with van der Waals surface area (Å²) < 4.78 is 5.96. The van der Waals surface area contributed by atoms with Crippen LogP contribution >= 0.6 is 0 Å². The number of benzene rings is 2. The van der Waals surface area contributed by atoms with E-state index in [4.69, 9.17) is 4.74 Å². The molecule has 4 aliphatic rings. The molecule has 4 bridgehead atoms. The zero-order valence-corrected chi connectivity index (χ0v) is 15.7. The lowest BCUT2D eigenvalue weighted by Crippen LogP contribution is -2.60. The lowest BCUT2D eigenvalue weighted by atomic mass is 9.53. The van der Waals surface area contributed by atoms with E-state index in [9.17, 15) is 4.79 Å². The van der Waals surface area contributed by atoms with Crippen LogP contribution < -0.4 is 10.1 Å². The molecule has 2 aromatic rings. The molecular weight excluding hydrogens is 334 g/mol. The van der Waals surface area contributed by atoms with Gasteiger partial charge in [-0.15, -0.1) is 0 Å². The van der Waals surface area contributed by atoms with Gasteiger partial charge in [0.15, 0.2) is 6.61 Å². The zero-order valence-electron chi connectivity index (χ0n) is 15.7. The van der Waals surface area contributed by atoms with Gasteiger partial charge in [0.05, 0.1) is 0 Å². The van der Waals surface area contributed by atoms with E-state index in [1.165, 1.54) is 38.5 Å². The Kier molecular flexibility index (Phi) is 4.18. The predicted octanol–water partition coefficient (Wildman–Crippen LogP) is 4.82. The van der Waals surface area contributed by atoms with Crippen LogP contribution in [0.1, 0.15) is 38.5 Å². The van der Waals surface area contributed by atoms with Crippen molar-refractivity contribution in [2.45, 2.75) is 44.1 Å². The van der Waals surface area contributed by atoms with Crippen LogP contribution in [0.25, 0.3) is 11.1 Å². The summed E-state index contributed by atoms with van der Waals surface area (Å²) in [6, 6.07) is 18.1. The van der Waals surface area contributed by atoms with Gasteiger partial charge in [0.25, 0.3) is 5.91 Å². The average molecular weight is 361 g/mol. The fourth-order valence-corrected chi connectivity index (χ4v) is 6.19. The number of hydrogen-bond acceptors (Lipinski definition) is 2. The molecular formula is C24H27NO2. The Balaban J connectivity index is 1.26. The average Bonchev–Trinajstić information content (AvgIpc) is 2.66. The zero-order chi connectivity index (χ0) is 18.3. The third-order valence-corrected chi connectivity index (χ3v) is 6.77. The predicted molar refractivity (Wildman–Crippen MR) is 106 cm³/mol. The largest absolute Gasteiger partial charge is 0.483 e. The van der Waals surface area contributed by atoms with Gasteiger partial charge in [0.1, 0.15) is 5.75 Å². The normalized spacial score (nSPS) is 30.9. The molecule has 0 aromatic heterocycles. The number of hydrogen-bond donors (Lipinski definition) is 1. The molecule has 3 nitrogen and oxygen atoms in total. The van der Waals surface area contributed by atoms with Crippen molar-refractivity contribution < 1.29 is 9.53 Å². The molecule has 6 rings (SSSR count). The van der Waals surface area contributed by atoms with E-state index < -0.39 is 0 Å². The van der Waals surface area contributed by atoms with Crippen molar-refractivity contribution in [1.29, 1.82) is 0 Å². The summed E-state index contributed by atoms with van der Waals surface area (Å²) in [7, 11) is 0. The first-order valence-electron chi connectivity index (χ1n) is 10.3. The maximum Gasteiger partial charge on any atom is 0.258 e. The van der Waals surface area contributed by atoms with Crippen molar-refractivity contribution in [2.75, 3.05) is 6.61 Å². The Morgan fingerprint density at radius 2 is 1.48 bits per heavy atom. The summed E-state index contributed by atoms with van der Waals surface area (Å²) in [6.07, 6.45) is 7.67. The van der Waals surface area contributed by atoms with E-state index in [2.05, 4.69) is 17.4 Å². The van der Waals surface area contributed by atoms with Gasteiger partial charge in [-0.25, -0.2) is 0 Å². The highest BCUT2D eigenvalue weighted by Crippen LogP contribution is 2.55. The number of ether oxygens (including phenoxy) is 1. The van der Waals surface area contributed by atoms with Crippen molar-refractivity contribution in [3.63, 3.8) is 0 Å². The van der Waals surface area contributed by atoms with E-state index >= 15 is 0 Å². The second-order valence-electron chi connectivity index (χ2n) is 8.90. The van der Waals surface area contributed by atoms with Crippen molar-refractivity contribution in [3.05, 3.63) is 54.6 Å². The molecule has 4 aliphatic carbocycles. The Morgan fingerprint density at radius 1 is 0.889 bits per heavy atom. The van der Waals surface area contributed by atoms with Gasteiger partial charge in [0.2, 0.25) is 0 Å². The standard InChI is InChI=1S/C24H27NO2/c26-23(25-24-13-17-10-18(14-24)12-19(11-17)15-24)16-27-22-9-5-4-8-21(22)20-6-2-1-3-7-20/h1-9,17-19H,10-16H2,(H,25,26). The highest BCUT2D eigenvalue weighted by Gasteiger charge is 2.51. The molecule has 0 atom stereocenters. The fourth-order valence-electron chi connectivity index (χ4n) is 6.19. The van der Waals surface area contributed by atoms with Crippen LogP contribution in [0.4, 0.5) is 0 Å². The third kappa shape index (κ3) is 3.36. The minimum absolute atomic E-state index is 0.0276. The van der Waals surface area contributed by atoms with Crippen molar-refractivity contribution in [1.82, 2.24) is 5.32 Å². The molecule has 0 heterocycles. The second kappa shape index (κ2) is 6.70. The highest BCUT2D eigenvalue weighted by molar-refractivity contribution is 5.79. The Bertz CT molecular complexity index is 794. The van der Waals surface area contributed by atoms with Crippen LogP contribution in [0, 0.1) is 17.8 Å². The molecule has 0 radical (unpaired) electrons. The van der Waals surface area contributed by atoms with Crippen LogP contribution in [-0.2, 0) is 4.79 Å². The van der Waals surface area contributed by atoms with Gasteiger partial charge in [-0.3, -0.25) is 4.79 Å². The summed E-state index contributed by atoms with van der Waals surface area (Å²) in [5.41, 5.74) is 2.18. The van der Waals surface area contributed by atoms with Crippen LogP contribution in [0.2, 0.25) is 0 Å². The van der Waals surface area contributed by atoms with Crippen LogP contribution in [0.3, 0.4) is 0 Å². The first kappa shape index (κ1) is 16.9. The van der Waals surface area contributed by atoms with Crippen molar-refractivity contribution in [2.24, 2.45) is 17.8 Å². The Morgan fingerprint density at radius 3 is 2.15 bits per heavy atom. The number of amides is 1. The first-order chi connectivity index (χ1) is 13.2. The molecule has 27 heavy (non-hydrogen) atoms. The molecule has 0 saturated heterocycles. The number of para-hydroxylation sites is 1. The van der Waals surface area contributed by atoms with Gasteiger partial charge in [0, 0.05) is 11.1 Å². The van der Waals surface area contributed by atoms with Gasteiger partial charge >= 0.3 is 0 Å². The van der Waals surface area contributed by atoms with Crippen LogP contribution in [0.5, 0.6) is 5.75 Å². The van der Waals surface area contributed by atoms with Gasteiger partial charge in [-0.05, 0) is 67.9 Å². The van der Waals surface area contributed by atoms with Crippen LogP contribution in [-0.4, -0.2) is 18.1 Å². The molecule has 0 aliphatic heterocycles. The molecule has 140 valence electrons. The summed E-state index contributed by atoms with van der Waals surface area (Å²) in [5.74, 6) is 3.29. The van der Waals surface area contributed by atoms with E-state index in [0.29, 0.717) is 0 Å². The smallest absolute Gasteiger partial charge is 0.258 e. The van der Waals surface area contributed by atoms with E-state index in [1.807, 2.05) is 42.5 Å². The minimum atomic E-state index is 0.0276. The first-order valence-corrected chi connectivity index (χ1v) is 10.3. The summed E-state index contributed by atoms with van der Waals surface area (Å²) in [6.45, 7) is 0.0889. The van der Waals surface area contributed by atoms with Crippen molar-refractivity contribution >= 4 is 5.91 Å². The van der Waals surface area contributed by atoms with Crippen molar-refractivity contribution in [3.8, 4) is 16.9 Å². The second-order valence-corrected chi connectivity index (χ2v) is 8.90. The van der Waals surface area contributed by atoms with Gasteiger partial charge in [-0.2, -0.15) is 0 Å². The molecule has 0 spiro atoms. The number of carbonyl (C=O) groups is 1. The van der Waals surface area contributed by atoms with Crippen LogP contribution in [0.15, 0.2) is 54.6 Å². The quantitative estimate of drug-likeness (QED) is 0.829. The molecule has 3 heteroatoms. The Labute approximate surface area is 161 Å². The lowest BCUT2D eigenvalue weighted by molar-refractivity contribution is -0.128. The molecule has 1 amide bonds. The Hall–Kier alpha value is -2.29. The summed E-state index contributed by atoms with van der Waals surface area (Å²) in [4.78, 5) is 12.7. The summed E-state index contributed by atoms with van der Waals surface area (Å²) in [5, 5.41) is 3.39. The SMILES string of the molecule is O=C(COc1ccccc1-c1ccccc1)NC12CC3CC(CC(C3)C1)C2. The van der Waals surface area contributed by atoms with Gasteiger partial charge in [-0.1, -0.05) is 48.5 Å². The molecule has 4 saturated carbocycles. The van der Waals surface area contributed by atoms with E-state index in [0.717, 1.165) is 34.6 Å². The molecule has 0 unspecified atom stereocenters. The topological polar surface area (TPSA) is 38.3 Å². The van der Waals surface area contributed by atoms with Gasteiger partial charge < -0.3 is 10.1 Å². The fraction of sp³-hybridized carbons (Fsp3) is 0.458. The lowest BCUT2D eigenvalue weighted by Gasteiger charge is -2.56. The highest BCUT2D eigenvalue weighted by atomic mass is 16.5. The maximum atomic E-state index is 12.7. The molecule has 4 fully saturated rings. The molecule has 1 N–H and O–H groups in total. The maximum absolute atomic E-state index is 12.7. The van der Waals surface area contributed by atoms with E-state index in [1.54, 1.807) is 0 Å². The van der Waals surface area contributed by atoms with E-state index in [-0.39, 0.29) is 18.1 Å². The molecule has 2 aromatic carbocycles. The number of rotatable bonds is 5. The third-order valence-electron chi connectivity index (χ3n) is 6.77. The summed E-state index contributed by atoms with van der Waals surface area (Å²) >= 11 is 0.